The number of carbonyl (C=O) groups is 2. The third-order valence-electron chi connectivity index (χ3n) is 3.89. The highest BCUT2D eigenvalue weighted by Crippen LogP contribution is 2.22. The second kappa shape index (κ2) is 12.4. The summed E-state index contributed by atoms with van der Waals surface area (Å²) in [7, 11) is 0. The molecular weight excluding hydrogens is 416 g/mol. The predicted molar refractivity (Wildman–Crippen MR) is 117 cm³/mol. The van der Waals surface area contributed by atoms with E-state index in [1.54, 1.807) is 36.6 Å². The number of furan rings is 2. The minimum atomic E-state index is -0.894. The highest BCUT2D eigenvalue weighted by Gasteiger charge is 2.04. The number of benzene rings is 1. The third-order valence-corrected chi connectivity index (χ3v) is 3.89. The highest BCUT2D eigenvalue weighted by atomic mass is 16.5. The number of hydroxylamine groups is 4. The van der Waals surface area contributed by atoms with Crippen molar-refractivity contribution in [3.63, 3.8) is 0 Å². The van der Waals surface area contributed by atoms with Crippen molar-refractivity contribution in [3.05, 3.63) is 84.5 Å². The lowest BCUT2D eigenvalue weighted by molar-refractivity contribution is -0.0286. The third kappa shape index (κ3) is 8.22. The van der Waals surface area contributed by atoms with Crippen molar-refractivity contribution < 1.29 is 28.8 Å². The molecule has 0 fully saturated rings. The maximum atomic E-state index is 10.6. The van der Waals surface area contributed by atoms with Crippen molar-refractivity contribution in [3.8, 4) is 11.3 Å². The monoisotopic (exact) mass is 440 g/mol. The molecule has 10 nitrogen and oxygen atoms in total. The minimum Gasteiger partial charge on any atom is -0.472 e. The van der Waals surface area contributed by atoms with Gasteiger partial charge in [-0.25, -0.2) is 19.7 Å². The topological polar surface area (TPSA) is 159 Å². The number of amides is 4. The van der Waals surface area contributed by atoms with Gasteiger partial charge in [0.1, 0.15) is 11.5 Å². The Morgan fingerprint density at radius 1 is 0.875 bits per heavy atom. The van der Waals surface area contributed by atoms with Crippen molar-refractivity contribution in [2.24, 2.45) is 11.5 Å². The van der Waals surface area contributed by atoms with Crippen LogP contribution in [0.3, 0.4) is 0 Å². The number of rotatable bonds is 7. The molecule has 0 spiro atoms. The molecule has 4 amide bonds. The van der Waals surface area contributed by atoms with Crippen molar-refractivity contribution in [1.82, 2.24) is 10.1 Å². The average molecular weight is 440 g/mol. The van der Waals surface area contributed by atoms with Crippen molar-refractivity contribution >= 4 is 24.2 Å². The van der Waals surface area contributed by atoms with Gasteiger partial charge in [0.05, 0.1) is 25.6 Å². The molecule has 2 aromatic heterocycles. The maximum Gasteiger partial charge on any atom is 0.338 e. The smallest absolute Gasteiger partial charge is 0.338 e. The Bertz CT molecular complexity index is 1030. The first-order valence-electron chi connectivity index (χ1n) is 9.39. The van der Waals surface area contributed by atoms with Crippen LogP contribution in [0.5, 0.6) is 0 Å². The SMILES string of the molecule is NC(=O)N(O)CC=Cc1ccc(-c2ccccc2)o1.NC(=O)N(O)CC=Cc1ccoc1. The van der Waals surface area contributed by atoms with Crippen molar-refractivity contribution in [2.45, 2.75) is 0 Å². The van der Waals surface area contributed by atoms with E-state index >= 15 is 0 Å². The van der Waals surface area contributed by atoms with Crippen LogP contribution in [0.2, 0.25) is 0 Å². The molecule has 10 heteroatoms. The normalized spacial score (nSPS) is 10.7. The van der Waals surface area contributed by atoms with E-state index in [0.29, 0.717) is 15.9 Å². The lowest BCUT2D eigenvalue weighted by Crippen LogP contribution is -2.32. The molecule has 2 heterocycles. The molecule has 0 atom stereocenters. The van der Waals surface area contributed by atoms with Crippen LogP contribution in [0.1, 0.15) is 11.3 Å². The molecule has 0 aliphatic rings. The van der Waals surface area contributed by atoms with E-state index in [4.69, 9.17) is 30.7 Å². The van der Waals surface area contributed by atoms with Crippen molar-refractivity contribution in [1.29, 1.82) is 0 Å². The Hall–Kier alpha value is -4.28. The Morgan fingerprint density at radius 2 is 1.50 bits per heavy atom. The Labute approximate surface area is 184 Å². The van der Waals surface area contributed by atoms with Gasteiger partial charge in [-0.15, -0.1) is 0 Å². The molecular formula is C22H24N4O6. The molecule has 0 aliphatic heterocycles. The van der Waals surface area contributed by atoms with Gasteiger partial charge in [-0.3, -0.25) is 10.4 Å². The Balaban J connectivity index is 0.000000244. The number of nitrogens with two attached hydrogens (primary N) is 2. The number of urea groups is 2. The minimum absolute atomic E-state index is 0.0106. The van der Waals surface area contributed by atoms with E-state index in [0.717, 1.165) is 16.9 Å². The van der Waals surface area contributed by atoms with Gasteiger partial charge >= 0.3 is 12.1 Å². The standard InChI is InChI=1S/C14H14N2O3.C8H10N2O3/c15-14(17)16(18)10-4-7-12-8-9-13(19-12)11-5-2-1-3-6-11;9-8(11)10(12)4-1-2-7-3-5-13-6-7/h1-9,18H,10H2,(H2,15,17);1-3,5-6,12H,4H2,(H2,9,11). The quantitative estimate of drug-likeness (QED) is 0.323. The van der Waals surface area contributed by atoms with Crippen LogP contribution in [0.4, 0.5) is 9.59 Å². The summed E-state index contributed by atoms with van der Waals surface area (Å²) in [5.74, 6) is 1.40. The lowest BCUT2D eigenvalue weighted by atomic mass is 10.2. The molecule has 0 unspecified atom stereocenters. The summed E-state index contributed by atoms with van der Waals surface area (Å²) in [6.07, 6.45) is 9.62. The summed E-state index contributed by atoms with van der Waals surface area (Å²) in [6, 6.07) is 13.4. The van der Waals surface area contributed by atoms with Crippen LogP contribution in [0.25, 0.3) is 23.5 Å². The number of hydrogen-bond donors (Lipinski definition) is 4. The van der Waals surface area contributed by atoms with Gasteiger partial charge in [-0.2, -0.15) is 0 Å². The van der Waals surface area contributed by atoms with E-state index in [2.05, 4.69) is 0 Å². The average Bonchev–Trinajstić information content (AvgIpc) is 3.47. The molecule has 32 heavy (non-hydrogen) atoms. The first-order chi connectivity index (χ1) is 15.4. The number of carbonyl (C=O) groups excluding carboxylic acids is 2. The number of primary amides is 2. The van der Waals surface area contributed by atoms with Crippen LogP contribution < -0.4 is 11.5 Å². The van der Waals surface area contributed by atoms with Gasteiger partial charge in [-0.05, 0) is 24.3 Å². The fraction of sp³-hybridized carbons (Fsp3) is 0.0909. The largest absolute Gasteiger partial charge is 0.472 e. The lowest BCUT2D eigenvalue weighted by Gasteiger charge is -2.07. The number of nitrogens with zero attached hydrogens (tertiary/aromatic N) is 2. The van der Waals surface area contributed by atoms with E-state index < -0.39 is 12.1 Å². The second-order valence-electron chi connectivity index (χ2n) is 6.27. The van der Waals surface area contributed by atoms with E-state index in [-0.39, 0.29) is 13.1 Å². The zero-order valence-electron chi connectivity index (χ0n) is 17.1. The summed E-state index contributed by atoms with van der Waals surface area (Å²) in [4.78, 5) is 20.9. The highest BCUT2D eigenvalue weighted by molar-refractivity contribution is 5.71. The zero-order valence-corrected chi connectivity index (χ0v) is 17.1. The molecule has 0 bridgehead atoms. The molecule has 0 aliphatic carbocycles. The fourth-order valence-corrected chi connectivity index (χ4v) is 2.31. The van der Waals surface area contributed by atoms with Gasteiger partial charge in [0.25, 0.3) is 0 Å². The molecule has 0 saturated carbocycles. The molecule has 168 valence electrons. The molecule has 3 rings (SSSR count). The van der Waals surface area contributed by atoms with Gasteiger partial charge in [0.15, 0.2) is 0 Å². The second-order valence-corrected chi connectivity index (χ2v) is 6.27. The summed E-state index contributed by atoms with van der Waals surface area (Å²) >= 11 is 0. The van der Waals surface area contributed by atoms with Crippen LogP contribution in [0.15, 0.2) is 82.0 Å². The van der Waals surface area contributed by atoms with Gasteiger partial charge in [0.2, 0.25) is 0 Å². The summed E-state index contributed by atoms with van der Waals surface area (Å²) in [5.41, 5.74) is 11.5. The van der Waals surface area contributed by atoms with Crippen LogP contribution in [0, 0.1) is 0 Å². The summed E-state index contributed by atoms with van der Waals surface area (Å²) in [6.45, 7) is 0.0667. The van der Waals surface area contributed by atoms with E-state index in [1.807, 2.05) is 42.5 Å². The van der Waals surface area contributed by atoms with Crippen molar-refractivity contribution in [2.75, 3.05) is 13.1 Å². The van der Waals surface area contributed by atoms with Crippen LogP contribution in [-0.2, 0) is 0 Å². The predicted octanol–water partition coefficient (Wildman–Crippen LogP) is 3.79. The van der Waals surface area contributed by atoms with Gasteiger partial charge in [0, 0.05) is 11.1 Å². The van der Waals surface area contributed by atoms with E-state index in [9.17, 15) is 9.59 Å². The van der Waals surface area contributed by atoms with Crippen LogP contribution in [-0.4, -0.2) is 45.7 Å². The first-order valence-corrected chi connectivity index (χ1v) is 9.39. The molecule has 0 radical (unpaired) electrons. The summed E-state index contributed by atoms with van der Waals surface area (Å²) < 4.78 is 10.4. The number of hydrogen-bond acceptors (Lipinski definition) is 6. The molecule has 0 saturated heterocycles. The Kier molecular flexibility index (Phi) is 9.31. The maximum absolute atomic E-state index is 10.6. The zero-order chi connectivity index (χ0) is 23.3. The van der Waals surface area contributed by atoms with E-state index in [1.165, 1.54) is 6.26 Å². The van der Waals surface area contributed by atoms with Gasteiger partial charge < -0.3 is 20.3 Å². The fourth-order valence-electron chi connectivity index (χ4n) is 2.31. The molecule has 3 aromatic rings. The van der Waals surface area contributed by atoms with Gasteiger partial charge in [-0.1, -0.05) is 48.6 Å². The molecule has 6 N–H and O–H groups in total. The molecule has 1 aromatic carbocycles. The first kappa shape index (κ1) is 24.0. The Morgan fingerprint density at radius 3 is 2.06 bits per heavy atom. The summed E-state index contributed by atoms with van der Waals surface area (Å²) in [5, 5.41) is 18.7. The van der Waals surface area contributed by atoms with Crippen LogP contribution >= 0.6 is 0 Å².